The summed E-state index contributed by atoms with van der Waals surface area (Å²) in [6.07, 6.45) is -5.03. The minimum atomic E-state index is -5.03. The predicted octanol–water partition coefficient (Wildman–Crippen LogP) is 3.75. The van der Waals surface area contributed by atoms with E-state index in [1.165, 1.54) is 18.2 Å². The van der Waals surface area contributed by atoms with Gasteiger partial charge in [-0.05, 0) is 12.1 Å². The Labute approximate surface area is 131 Å². The maximum atomic E-state index is 13.0. The third kappa shape index (κ3) is 2.93. The molecule has 0 aliphatic carbocycles. The predicted molar refractivity (Wildman–Crippen MR) is 73.9 cm³/mol. The number of alkyl halides is 3. The number of nitrogens with two attached hydrogens (primary N) is 1. The van der Waals surface area contributed by atoms with E-state index < -0.39 is 35.0 Å². The molecule has 1 aromatic carbocycles. The molecule has 0 saturated heterocycles. The largest absolute Gasteiger partial charge is 0.478 e. The fraction of sp³-hybridized carbons (Fsp3) is 0.0833. The first kappa shape index (κ1) is 16.3. The van der Waals surface area contributed by atoms with Crippen molar-refractivity contribution >= 4 is 35.1 Å². The van der Waals surface area contributed by atoms with Crippen molar-refractivity contribution in [1.29, 1.82) is 0 Å². The number of rotatable bonds is 2. The average Bonchev–Trinajstić information content (AvgIpc) is 2.36. The van der Waals surface area contributed by atoms with E-state index in [1.54, 1.807) is 0 Å². The number of nitrogens with zero attached hydrogens (tertiary/aromatic N) is 2. The highest BCUT2D eigenvalue weighted by molar-refractivity contribution is 6.39. The molecule has 0 radical (unpaired) electrons. The molecule has 10 heteroatoms. The van der Waals surface area contributed by atoms with Gasteiger partial charge in [0.1, 0.15) is 5.56 Å². The standard InChI is InChI=1S/C12H6Cl2F3N3O2/c13-4-2-1-3-5(14)6(4)8-7(10(21)22)9(12(15,16)17)20-11(18)19-8/h1-3H,(H,21,22)(H2,18,19,20). The van der Waals surface area contributed by atoms with Crippen LogP contribution >= 0.6 is 23.2 Å². The molecule has 0 bridgehead atoms. The molecule has 2 aromatic rings. The second-order valence-electron chi connectivity index (χ2n) is 4.05. The molecule has 2 rings (SSSR count). The highest BCUT2D eigenvalue weighted by Crippen LogP contribution is 2.40. The quantitative estimate of drug-likeness (QED) is 0.859. The molecule has 0 fully saturated rings. The summed E-state index contributed by atoms with van der Waals surface area (Å²) in [5.41, 5.74) is 1.66. The highest BCUT2D eigenvalue weighted by Gasteiger charge is 2.40. The van der Waals surface area contributed by atoms with Crippen LogP contribution in [-0.2, 0) is 6.18 Å². The van der Waals surface area contributed by atoms with Gasteiger partial charge in [0.2, 0.25) is 5.95 Å². The molecule has 3 N–H and O–H groups in total. The van der Waals surface area contributed by atoms with E-state index in [-0.39, 0.29) is 15.6 Å². The van der Waals surface area contributed by atoms with Gasteiger partial charge in [0.25, 0.3) is 0 Å². The molecule has 0 saturated carbocycles. The minimum absolute atomic E-state index is 0.0683. The number of aromatic carboxylic acids is 1. The Morgan fingerprint density at radius 1 is 1.18 bits per heavy atom. The van der Waals surface area contributed by atoms with E-state index >= 15 is 0 Å². The highest BCUT2D eigenvalue weighted by atomic mass is 35.5. The molecule has 0 amide bonds. The smallest absolute Gasteiger partial charge is 0.434 e. The maximum Gasteiger partial charge on any atom is 0.434 e. The van der Waals surface area contributed by atoms with Gasteiger partial charge in [-0.3, -0.25) is 0 Å². The summed E-state index contributed by atoms with van der Waals surface area (Å²) in [4.78, 5) is 17.9. The third-order valence-electron chi connectivity index (χ3n) is 2.61. The van der Waals surface area contributed by atoms with Gasteiger partial charge in [0.15, 0.2) is 5.69 Å². The topological polar surface area (TPSA) is 89.1 Å². The summed E-state index contributed by atoms with van der Waals surface area (Å²) < 4.78 is 39.0. The van der Waals surface area contributed by atoms with Gasteiger partial charge in [0.05, 0.1) is 15.7 Å². The van der Waals surface area contributed by atoms with Crippen LogP contribution in [0.2, 0.25) is 10.0 Å². The monoisotopic (exact) mass is 351 g/mol. The van der Waals surface area contributed by atoms with Gasteiger partial charge < -0.3 is 10.8 Å². The molecule has 116 valence electrons. The third-order valence-corrected chi connectivity index (χ3v) is 3.24. The summed E-state index contributed by atoms with van der Waals surface area (Å²) >= 11 is 11.8. The molecular weight excluding hydrogens is 346 g/mol. The number of benzene rings is 1. The van der Waals surface area contributed by atoms with Crippen LogP contribution in [0, 0.1) is 0 Å². The Bertz CT molecular complexity index is 746. The normalized spacial score (nSPS) is 11.5. The lowest BCUT2D eigenvalue weighted by atomic mass is 10.0. The Kier molecular flexibility index (Phi) is 4.17. The van der Waals surface area contributed by atoms with Crippen LogP contribution in [0.3, 0.4) is 0 Å². The van der Waals surface area contributed by atoms with Gasteiger partial charge in [0, 0.05) is 5.56 Å². The second-order valence-corrected chi connectivity index (χ2v) is 4.87. The average molecular weight is 352 g/mol. The molecule has 1 heterocycles. The van der Waals surface area contributed by atoms with Gasteiger partial charge in [-0.15, -0.1) is 0 Å². The number of hydrogen-bond donors (Lipinski definition) is 2. The van der Waals surface area contributed by atoms with E-state index in [2.05, 4.69) is 9.97 Å². The lowest BCUT2D eigenvalue weighted by Crippen LogP contribution is -2.19. The first-order chi connectivity index (χ1) is 10.1. The summed E-state index contributed by atoms with van der Waals surface area (Å²) in [5.74, 6) is -2.62. The molecule has 0 unspecified atom stereocenters. The fourth-order valence-corrected chi connectivity index (χ4v) is 2.37. The Morgan fingerprint density at radius 2 is 1.73 bits per heavy atom. The maximum absolute atomic E-state index is 13.0. The van der Waals surface area contributed by atoms with Gasteiger partial charge in [-0.1, -0.05) is 29.3 Å². The van der Waals surface area contributed by atoms with Crippen LogP contribution in [0.4, 0.5) is 19.1 Å². The number of halogens is 5. The van der Waals surface area contributed by atoms with E-state index in [1.807, 2.05) is 0 Å². The fourth-order valence-electron chi connectivity index (χ4n) is 1.79. The van der Waals surface area contributed by atoms with Crippen LogP contribution in [0.15, 0.2) is 18.2 Å². The molecule has 1 aromatic heterocycles. The van der Waals surface area contributed by atoms with Crippen LogP contribution in [0.25, 0.3) is 11.3 Å². The number of carboxylic acids is 1. The second kappa shape index (κ2) is 5.62. The van der Waals surface area contributed by atoms with Crippen molar-refractivity contribution in [3.8, 4) is 11.3 Å². The first-order valence-corrected chi connectivity index (χ1v) is 6.31. The molecule has 5 nitrogen and oxygen atoms in total. The van der Waals surface area contributed by atoms with Crippen molar-refractivity contribution in [2.45, 2.75) is 6.18 Å². The molecule has 0 aliphatic heterocycles. The zero-order valence-electron chi connectivity index (χ0n) is 10.4. The molecule has 0 spiro atoms. The van der Waals surface area contributed by atoms with Gasteiger partial charge in [-0.25, -0.2) is 14.8 Å². The van der Waals surface area contributed by atoms with Crippen molar-refractivity contribution < 1.29 is 23.1 Å². The van der Waals surface area contributed by atoms with Crippen molar-refractivity contribution in [3.05, 3.63) is 39.5 Å². The van der Waals surface area contributed by atoms with E-state index in [0.717, 1.165) is 0 Å². The van der Waals surface area contributed by atoms with Crippen molar-refractivity contribution in [1.82, 2.24) is 9.97 Å². The van der Waals surface area contributed by atoms with E-state index in [4.69, 9.17) is 34.0 Å². The minimum Gasteiger partial charge on any atom is -0.478 e. The van der Waals surface area contributed by atoms with Gasteiger partial charge in [-0.2, -0.15) is 13.2 Å². The van der Waals surface area contributed by atoms with E-state index in [0.29, 0.717) is 0 Å². The number of anilines is 1. The van der Waals surface area contributed by atoms with Crippen LogP contribution < -0.4 is 5.73 Å². The summed E-state index contributed by atoms with van der Waals surface area (Å²) in [5, 5.41) is 9.00. The number of carbonyl (C=O) groups is 1. The first-order valence-electron chi connectivity index (χ1n) is 5.55. The number of aromatic nitrogens is 2. The number of hydrogen-bond acceptors (Lipinski definition) is 4. The summed E-state index contributed by atoms with van der Waals surface area (Å²) in [7, 11) is 0. The van der Waals surface area contributed by atoms with Gasteiger partial charge >= 0.3 is 12.1 Å². The van der Waals surface area contributed by atoms with Crippen molar-refractivity contribution in [3.63, 3.8) is 0 Å². The summed E-state index contributed by atoms with van der Waals surface area (Å²) in [6, 6.07) is 4.11. The summed E-state index contributed by atoms with van der Waals surface area (Å²) in [6.45, 7) is 0. The lowest BCUT2D eigenvalue weighted by molar-refractivity contribution is -0.141. The Hall–Kier alpha value is -2.06. The number of carboxylic acid groups (broad SMARTS) is 1. The molecule has 22 heavy (non-hydrogen) atoms. The zero-order chi connectivity index (χ0) is 16.7. The molecular formula is C12H6Cl2F3N3O2. The SMILES string of the molecule is Nc1nc(-c2c(Cl)cccc2Cl)c(C(=O)O)c(C(F)(F)F)n1. The van der Waals surface area contributed by atoms with Crippen LogP contribution in [0.5, 0.6) is 0 Å². The number of nitrogen functional groups attached to an aromatic ring is 1. The Morgan fingerprint density at radius 3 is 2.18 bits per heavy atom. The van der Waals surface area contributed by atoms with Crippen LogP contribution in [-0.4, -0.2) is 21.0 Å². The molecule has 0 atom stereocenters. The lowest BCUT2D eigenvalue weighted by Gasteiger charge is -2.15. The van der Waals surface area contributed by atoms with Crippen molar-refractivity contribution in [2.24, 2.45) is 0 Å². The Balaban J connectivity index is 2.93. The zero-order valence-corrected chi connectivity index (χ0v) is 12.0. The van der Waals surface area contributed by atoms with E-state index in [9.17, 15) is 18.0 Å². The molecule has 0 aliphatic rings. The van der Waals surface area contributed by atoms with Crippen molar-refractivity contribution in [2.75, 3.05) is 5.73 Å². The van der Waals surface area contributed by atoms with Crippen LogP contribution in [0.1, 0.15) is 16.1 Å².